The van der Waals surface area contributed by atoms with Crippen LogP contribution in [-0.4, -0.2) is 6.43 Å². The van der Waals surface area contributed by atoms with Gasteiger partial charge in [-0.1, -0.05) is 11.6 Å². The van der Waals surface area contributed by atoms with Gasteiger partial charge >= 0.3 is 0 Å². The van der Waals surface area contributed by atoms with Crippen LogP contribution in [0.4, 0.5) is 13.2 Å². The van der Waals surface area contributed by atoms with Gasteiger partial charge in [0, 0.05) is 0 Å². The lowest BCUT2D eigenvalue weighted by molar-refractivity contribution is 0.196. The Morgan fingerprint density at radius 2 is 1.62 bits per heavy atom. The minimum absolute atomic E-state index is 1.24. The van der Waals surface area contributed by atoms with Crippen molar-refractivity contribution in [2.45, 2.75) is 6.43 Å². The molecule has 0 aromatic rings. The van der Waals surface area contributed by atoms with E-state index >= 15 is 0 Å². The number of allylic oxidation sites excluding steroid dienone is 1. The quantitative estimate of drug-likeness (QED) is 0.560. The standard InChI is InChI=1S/C3HCl2F3/c4-1(2(5)6)3(7)8/h3H/b2-1-. The van der Waals surface area contributed by atoms with Gasteiger partial charge in [-0.3, -0.25) is 0 Å². The summed E-state index contributed by atoms with van der Waals surface area (Å²) in [5, 5.41) is -2.80. The molecule has 5 heteroatoms. The lowest BCUT2D eigenvalue weighted by atomic mass is 10.7. The Morgan fingerprint density at radius 1 is 1.25 bits per heavy atom. The molecular weight excluding hydrogens is 164 g/mol. The Balaban J connectivity index is 4.00. The molecule has 0 rings (SSSR count). The van der Waals surface area contributed by atoms with E-state index in [-0.39, 0.29) is 0 Å². The van der Waals surface area contributed by atoms with Crippen LogP contribution in [0.5, 0.6) is 0 Å². The molecular formula is C3HCl2F3. The molecule has 48 valence electrons. The first-order valence-electron chi connectivity index (χ1n) is 1.54. The fraction of sp³-hybridized carbons (Fsp3) is 0.333. The summed E-state index contributed by atoms with van der Waals surface area (Å²) in [4.78, 5) is 0. The van der Waals surface area contributed by atoms with Gasteiger partial charge in [-0.2, -0.15) is 4.39 Å². The fourth-order valence-corrected chi connectivity index (χ4v) is 0.165. The summed E-state index contributed by atoms with van der Waals surface area (Å²) in [5.41, 5.74) is 0. The van der Waals surface area contributed by atoms with E-state index in [1.165, 1.54) is 0 Å². The molecule has 0 amide bonds. The third-order valence-electron chi connectivity index (χ3n) is 0.372. The summed E-state index contributed by atoms with van der Waals surface area (Å²) >= 11 is 9.00. The smallest absolute Gasteiger partial charge is 0.204 e. The second kappa shape index (κ2) is 3.20. The van der Waals surface area contributed by atoms with E-state index in [0.717, 1.165) is 0 Å². The zero-order valence-electron chi connectivity index (χ0n) is 3.47. The maximum absolute atomic E-state index is 11.4. The van der Waals surface area contributed by atoms with Crippen LogP contribution in [0, 0.1) is 0 Å². The van der Waals surface area contributed by atoms with Crippen molar-refractivity contribution in [1.82, 2.24) is 0 Å². The SMILES string of the molecule is F/C(Cl)=C(\Cl)C(F)F. The van der Waals surface area contributed by atoms with Crippen LogP contribution < -0.4 is 0 Å². The van der Waals surface area contributed by atoms with Crippen molar-refractivity contribution >= 4 is 23.2 Å². The molecule has 0 aliphatic heterocycles. The van der Waals surface area contributed by atoms with Gasteiger partial charge in [0.2, 0.25) is 5.29 Å². The van der Waals surface area contributed by atoms with Crippen molar-refractivity contribution in [1.29, 1.82) is 0 Å². The van der Waals surface area contributed by atoms with Gasteiger partial charge in [0.25, 0.3) is 6.43 Å². The number of halogens is 5. The van der Waals surface area contributed by atoms with Crippen molar-refractivity contribution in [3.8, 4) is 0 Å². The van der Waals surface area contributed by atoms with E-state index in [0.29, 0.717) is 0 Å². The highest BCUT2D eigenvalue weighted by molar-refractivity contribution is 6.38. The molecule has 0 radical (unpaired) electrons. The zero-order chi connectivity index (χ0) is 6.73. The van der Waals surface area contributed by atoms with Crippen molar-refractivity contribution in [2.75, 3.05) is 0 Å². The Bertz CT molecular complexity index is 105. The first-order chi connectivity index (χ1) is 3.55. The van der Waals surface area contributed by atoms with Crippen molar-refractivity contribution in [3.63, 3.8) is 0 Å². The first-order valence-corrected chi connectivity index (χ1v) is 2.30. The minimum atomic E-state index is -3.02. The molecule has 0 unspecified atom stereocenters. The van der Waals surface area contributed by atoms with E-state index in [9.17, 15) is 13.2 Å². The lowest BCUT2D eigenvalue weighted by Gasteiger charge is -1.91. The number of hydrogen-bond donors (Lipinski definition) is 0. The van der Waals surface area contributed by atoms with Crippen LogP contribution in [0.15, 0.2) is 10.3 Å². The highest BCUT2D eigenvalue weighted by Crippen LogP contribution is 2.21. The average Bonchev–Trinajstić information content (AvgIpc) is 1.64. The van der Waals surface area contributed by atoms with Crippen LogP contribution >= 0.6 is 23.2 Å². The van der Waals surface area contributed by atoms with Crippen molar-refractivity contribution < 1.29 is 13.2 Å². The first kappa shape index (κ1) is 8.11. The molecule has 0 aromatic carbocycles. The van der Waals surface area contributed by atoms with Gasteiger partial charge in [0.1, 0.15) is 5.03 Å². The molecule has 0 aromatic heterocycles. The molecule has 0 fully saturated rings. The second-order valence-electron chi connectivity index (χ2n) is 0.909. The van der Waals surface area contributed by atoms with E-state index in [1.54, 1.807) is 0 Å². The molecule has 0 nitrogen and oxygen atoms in total. The van der Waals surface area contributed by atoms with E-state index < -0.39 is 16.7 Å². The summed E-state index contributed by atoms with van der Waals surface area (Å²) in [6.45, 7) is 0. The van der Waals surface area contributed by atoms with E-state index in [1.807, 2.05) is 0 Å². The van der Waals surface area contributed by atoms with Gasteiger partial charge < -0.3 is 0 Å². The molecule has 0 saturated carbocycles. The predicted molar refractivity (Wildman–Crippen MR) is 25.8 cm³/mol. The maximum Gasteiger partial charge on any atom is 0.277 e. The Morgan fingerprint density at radius 3 is 1.62 bits per heavy atom. The monoisotopic (exact) mass is 164 g/mol. The van der Waals surface area contributed by atoms with E-state index in [2.05, 4.69) is 23.2 Å². The second-order valence-corrected chi connectivity index (χ2v) is 1.65. The molecule has 0 saturated heterocycles. The highest BCUT2D eigenvalue weighted by atomic mass is 35.5. The normalized spacial score (nSPS) is 14.2. The topological polar surface area (TPSA) is 0 Å². The average molecular weight is 165 g/mol. The Kier molecular flexibility index (Phi) is 3.24. The van der Waals surface area contributed by atoms with Crippen LogP contribution in [-0.2, 0) is 0 Å². The summed E-state index contributed by atoms with van der Waals surface area (Å²) < 4.78 is 33.7. The highest BCUT2D eigenvalue weighted by Gasteiger charge is 2.12. The number of hydrogen-bond acceptors (Lipinski definition) is 0. The molecule has 0 spiro atoms. The van der Waals surface area contributed by atoms with Crippen LogP contribution in [0.3, 0.4) is 0 Å². The number of rotatable bonds is 1. The summed E-state index contributed by atoms with van der Waals surface area (Å²) in [5.74, 6) is 0. The summed E-state index contributed by atoms with van der Waals surface area (Å²) in [7, 11) is 0. The van der Waals surface area contributed by atoms with Crippen LogP contribution in [0.2, 0.25) is 0 Å². The van der Waals surface area contributed by atoms with Crippen LogP contribution in [0.1, 0.15) is 0 Å². The lowest BCUT2D eigenvalue weighted by Crippen LogP contribution is -1.88. The maximum atomic E-state index is 11.4. The Labute approximate surface area is 53.9 Å². The van der Waals surface area contributed by atoms with Crippen LogP contribution in [0.25, 0.3) is 0 Å². The third-order valence-corrected chi connectivity index (χ3v) is 1.00. The molecule has 0 heterocycles. The van der Waals surface area contributed by atoms with Gasteiger partial charge in [-0.15, -0.1) is 0 Å². The summed E-state index contributed by atoms with van der Waals surface area (Å²) in [6.07, 6.45) is -3.02. The summed E-state index contributed by atoms with van der Waals surface area (Å²) in [6, 6.07) is 0. The molecule has 0 atom stereocenters. The van der Waals surface area contributed by atoms with Gasteiger partial charge in [-0.25, -0.2) is 8.78 Å². The van der Waals surface area contributed by atoms with E-state index in [4.69, 9.17) is 0 Å². The van der Waals surface area contributed by atoms with Gasteiger partial charge in [0.05, 0.1) is 0 Å². The van der Waals surface area contributed by atoms with Gasteiger partial charge in [-0.05, 0) is 11.6 Å². The largest absolute Gasteiger partial charge is 0.277 e. The molecule has 8 heavy (non-hydrogen) atoms. The molecule has 0 aliphatic carbocycles. The fourth-order valence-electron chi connectivity index (χ4n) is 0.0825. The van der Waals surface area contributed by atoms with Crippen molar-refractivity contribution in [2.24, 2.45) is 0 Å². The minimum Gasteiger partial charge on any atom is -0.204 e. The molecule has 0 aliphatic rings. The Hall–Kier alpha value is 0.110. The zero-order valence-corrected chi connectivity index (χ0v) is 4.98. The van der Waals surface area contributed by atoms with Crippen molar-refractivity contribution in [3.05, 3.63) is 10.3 Å². The van der Waals surface area contributed by atoms with Gasteiger partial charge in [0.15, 0.2) is 0 Å². The third kappa shape index (κ3) is 2.43. The number of alkyl halides is 2. The predicted octanol–water partition coefficient (Wildman–Crippen LogP) is 2.87. The molecule has 0 bridgehead atoms. The molecule has 0 N–H and O–H groups in total.